The second-order valence-electron chi connectivity index (χ2n) is 7.02. The summed E-state index contributed by atoms with van der Waals surface area (Å²) in [5.41, 5.74) is 3.31. The minimum atomic E-state index is -0.0299. The Morgan fingerprint density at radius 1 is 1.19 bits per heavy atom. The smallest absolute Gasteiger partial charge is 0.317 e. The van der Waals surface area contributed by atoms with Crippen molar-refractivity contribution in [3.05, 3.63) is 60.2 Å². The van der Waals surface area contributed by atoms with Crippen molar-refractivity contribution in [2.24, 2.45) is 0 Å². The average Bonchev–Trinajstić information content (AvgIpc) is 2.98. The Morgan fingerprint density at radius 2 is 1.92 bits per heavy atom. The van der Waals surface area contributed by atoms with Gasteiger partial charge in [0.25, 0.3) is 0 Å². The molecule has 0 unspecified atom stereocenters. The molecule has 0 atom stereocenters. The number of nitrogens with zero attached hydrogens (tertiary/aromatic N) is 4. The molecule has 3 aromatic rings. The summed E-state index contributed by atoms with van der Waals surface area (Å²) in [5, 5.41) is 3.02. The Bertz CT molecular complexity index is 912. The van der Waals surface area contributed by atoms with Gasteiger partial charge in [0.2, 0.25) is 0 Å². The number of hydrogen-bond acceptors (Lipinski definition) is 3. The number of imidazole rings is 1. The zero-order valence-corrected chi connectivity index (χ0v) is 15.1. The van der Waals surface area contributed by atoms with Crippen LogP contribution in [0.2, 0.25) is 0 Å². The summed E-state index contributed by atoms with van der Waals surface area (Å²) in [6.45, 7) is 6.19. The molecule has 0 saturated carbocycles. The fraction of sp³-hybridized carbons (Fsp3) is 0.350. The Morgan fingerprint density at radius 3 is 2.65 bits per heavy atom. The monoisotopic (exact) mass is 349 g/mol. The predicted octanol–water partition coefficient (Wildman–Crippen LogP) is 3.32. The van der Waals surface area contributed by atoms with E-state index in [-0.39, 0.29) is 12.1 Å². The van der Waals surface area contributed by atoms with Crippen LogP contribution >= 0.6 is 0 Å². The fourth-order valence-corrected chi connectivity index (χ4v) is 3.55. The summed E-state index contributed by atoms with van der Waals surface area (Å²) in [6, 6.07) is 12.4. The number of urea groups is 1. The Hall–Kier alpha value is -2.89. The van der Waals surface area contributed by atoms with Gasteiger partial charge in [-0.25, -0.2) is 9.78 Å². The number of rotatable bonds is 4. The van der Waals surface area contributed by atoms with E-state index in [2.05, 4.69) is 34.8 Å². The topological polar surface area (TPSA) is 63.1 Å². The molecule has 1 N–H and O–H groups in total. The number of fused-ring (bicyclic) bond motifs is 1. The lowest BCUT2D eigenvalue weighted by Gasteiger charge is -2.39. The fourth-order valence-electron chi connectivity index (χ4n) is 3.55. The summed E-state index contributed by atoms with van der Waals surface area (Å²) in [7, 11) is 0. The van der Waals surface area contributed by atoms with Crippen LogP contribution in [0.5, 0.6) is 0 Å². The van der Waals surface area contributed by atoms with Crippen molar-refractivity contribution < 1.29 is 4.79 Å². The molecule has 2 amide bonds. The summed E-state index contributed by atoms with van der Waals surface area (Å²) in [6.07, 6.45) is 3.60. The van der Waals surface area contributed by atoms with Gasteiger partial charge in [-0.15, -0.1) is 0 Å². The van der Waals surface area contributed by atoms with Crippen LogP contribution in [0.1, 0.15) is 37.2 Å². The molecule has 0 bridgehead atoms. The number of amides is 2. The first-order valence-corrected chi connectivity index (χ1v) is 9.02. The van der Waals surface area contributed by atoms with Crippen LogP contribution in [-0.4, -0.2) is 38.6 Å². The quantitative estimate of drug-likeness (QED) is 0.786. The van der Waals surface area contributed by atoms with Crippen LogP contribution in [0.4, 0.5) is 4.79 Å². The zero-order valence-electron chi connectivity index (χ0n) is 15.1. The first kappa shape index (κ1) is 16.6. The molecule has 0 spiro atoms. The number of benzene rings is 1. The van der Waals surface area contributed by atoms with E-state index in [0.717, 1.165) is 29.9 Å². The molecule has 26 heavy (non-hydrogen) atoms. The van der Waals surface area contributed by atoms with Gasteiger partial charge < -0.3 is 14.8 Å². The van der Waals surface area contributed by atoms with Gasteiger partial charge >= 0.3 is 6.03 Å². The van der Waals surface area contributed by atoms with Gasteiger partial charge in [-0.05, 0) is 43.7 Å². The molecule has 6 nitrogen and oxygen atoms in total. The summed E-state index contributed by atoms with van der Waals surface area (Å²) in [5.74, 6) is 1.30. The lowest BCUT2D eigenvalue weighted by atomic mass is 9.93. The lowest BCUT2D eigenvalue weighted by Crippen LogP contribution is -2.52. The number of likely N-dealkylation sites (tertiary alicyclic amines) is 1. The van der Waals surface area contributed by atoms with Crippen molar-refractivity contribution in [1.82, 2.24) is 24.8 Å². The number of aromatic nitrogens is 3. The van der Waals surface area contributed by atoms with Crippen molar-refractivity contribution >= 4 is 17.1 Å². The zero-order chi connectivity index (χ0) is 18.1. The molecular weight excluding hydrogens is 326 g/mol. The average molecular weight is 349 g/mol. The van der Waals surface area contributed by atoms with Gasteiger partial charge in [0, 0.05) is 37.4 Å². The maximum Gasteiger partial charge on any atom is 0.317 e. The van der Waals surface area contributed by atoms with E-state index >= 15 is 0 Å². The molecule has 4 rings (SSSR count). The molecule has 2 aromatic heterocycles. The number of para-hydroxylation sites is 2. The minimum absolute atomic E-state index is 0.0299. The van der Waals surface area contributed by atoms with Gasteiger partial charge in [-0.2, -0.15) is 0 Å². The van der Waals surface area contributed by atoms with Gasteiger partial charge in [0.1, 0.15) is 5.82 Å². The van der Waals surface area contributed by atoms with Crippen LogP contribution in [0.3, 0.4) is 0 Å². The number of nitrogens with one attached hydrogen (secondary N) is 1. The van der Waals surface area contributed by atoms with Crippen LogP contribution < -0.4 is 5.32 Å². The molecular formula is C20H23N5O. The standard InChI is InChI=1S/C20H23N5O/c1-14(2)25-18-6-4-3-5-17(18)23-19(25)11-22-20(26)24-12-16(13-24)15-7-9-21-10-8-15/h3-10,14,16H,11-13H2,1-2H3,(H,22,26). The number of carbonyl (C=O) groups is 1. The predicted molar refractivity (Wildman–Crippen MR) is 101 cm³/mol. The minimum Gasteiger partial charge on any atom is -0.331 e. The lowest BCUT2D eigenvalue weighted by molar-refractivity contribution is 0.150. The largest absolute Gasteiger partial charge is 0.331 e. The van der Waals surface area contributed by atoms with E-state index in [0.29, 0.717) is 12.5 Å². The molecule has 1 aromatic carbocycles. The molecule has 1 saturated heterocycles. The highest BCUT2D eigenvalue weighted by Gasteiger charge is 2.31. The van der Waals surface area contributed by atoms with Crippen LogP contribution in [0.25, 0.3) is 11.0 Å². The molecule has 6 heteroatoms. The van der Waals surface area contributed by atoms with Crippen LogP contribution in [-0.2, 0) is 6.54 Å². The molecule has 1 fully saturated rings. The third-order valence-corrected chi connectivity index (χ3v) is 4.93. The van der Waals surface area contributed by atoms with Crippen molar-refractivity contribution in [2.75, 3.05) is 13.1 Å². The first-order chi connectivity index (χ1) is 12.6. The van der Waals surface area contributed by atoms with Gasteiger partial charge in [-0.1, -0.05) is 12.1 Å². The van der Waals surface area contributed by atoms with Gasteiger partial charge in [0.15, 0.2) is 0 Å². The van der Waals surface area contributed by atoms with Crippen molar-refractivity contribution in [1.29, 1.82) is 0 Å². The SMILES string of the molecule is CC(C)n1c(CNC(=O)N2CC(c3ccncc3)C2)nc2ccccc21. The van der Waals surface area contributed by atoms with E-state index in [1.807, 2.05) is 35.2 Å². The summed E-state index contributed by atoms with van der Waals surface area (Å²) >= 11 is 0. The van der Waals surface area contributed by atoms with E-state index in [4.69, 9.17) is 4.98 Å². The highest BCUT2D eigenvalue weighted by Crippen LogP contribution is 2.26. The van der Waals surface area contributed by atoms with Crippen molar-refractivity contribution in [3.63, 3.8) is 0 Å². The molecule has 1 aliphatic heterocycles. The van der Waals surface area contributed by atoms with Gasteiger partial charge in [0.05, 0.1) is 17.6 Å². The molecule has 0 aliphatic carbocycles. The number of pyridine rings is 1. The van der Waals surface area contributed by atoms with E-state index in [1.165, 1.54) is 5.56 Å². The Balaban J connectivity index is 1.40. The maximum absolute atomic E-state index is 12.4. The molecule has 1 aliphatic rings. The highest BCUT2D eigenvalue weighted by atomic mass is 16.2. The summed E-state index contributed by atoms with van der Waals surface area (Å²) in [4.78, 5) is 23.0. The van der Waals surface area contributed by atoms with E-state index < -0.39 is 0 Å². The van der Waals surface area contributed by atoms with E-state index in [9.17, 15) is 4.79 Å². The second-order valence-corrected chi connectivity index (χ2v) is 7.02. The van der Waals surface area contributed by atoms with Crippen LogP contribution in [0.15, 0.2) is 48.8 Å². The number of hydrogen-bond donors (Lipinski definition) is 1. The normalized spacial score (nSPS) is 14.7. The van der Waals surface area contributed by atoms with Crippen molar-refractivity contribution in [3.8, 4) is 0 Å². The van der Waals surface area contributed by atoms with Crippen LogP contribution in [0, 0.1) is 0 Å². The summed E-state index contributed by atoms with van der Waals surface area (Å²) < 4.78 is 2.19. The second kappa shape index (κ2) is 6.78. The van der Waals surface area contributed by atoms with Gasteiger partial charge in [-0.3, -0.25) is 4.98 Å². The Kier molecular flexibility index (Phi) is 4.32. The molecule has 0 radical (unpaired) electrons. The number of carbonyl (C=O) groups excluding carboxylic acids is 1. The van der Waals surface area contributed by atoms with E-state index in [1.54, 1.807) is 12.4 Å². The first-order valence-electron chi connectivity index (χ1n) is 9.02. The Labute approximate surface area is 152 Å². The molecule has 134 valence electrons. The third kappa shape index (κ3) is 3.03. The maximum atomic E-state index is 12.4. The third-order valence-electron chi connectivity index (χ3n) is 4.93. The molecule has 3 heterocycles. The highest BCUT2D eigenvalue weighted by molar-refractivity contribution is 5.77. The van der Waals surface area contributed by atoms with Crippen molar-refractivity contribution in [2.45, 2.75) is 32.4 Å².